The zero-order chi connectivity index (χ0) is 32.3. The Morgan fingerprint density at radius 2 is 1.79 bits per heavy atom. The highest BCUT2D eigenvalue weighted by molar-refractivity contribution is 7.90. The van der Waals surface area contributed by atoms with Gasteiger partial charge in [-0.3, -0.25) is 4.90 Å². The molecule has 2 aromatic carbocycles. The molecular formula is C29H31F3N6O4S. The van der Waals surface area contributed by atoms with Gasteiger partial charge in [-0.2, -0.15) is 18.4 Å². The Morgan fingerprint density at radius 3 is 2.33 bits per heavy atom. The van der Waals surface area contributed by atoms with Crippen LogP contribution in [-0.4, -0.2) is 74.7 Å². The fourth-order valence-corrected chi connectivity index (χ4v) is 5.75. The maximum Gasteiger partial charge on any atom is 0.416 e. The molecule has 0 unspecified atom stereocenters. The van der Waals surface area contributed by atoms with Crippen LogP contribution in [0.3, 0.4) is 0 Å². The third-order valence-corrected chi connectivity index (χ3v) is 8.34. The van der Waals surface area contributed by atoms with E-state index >= 15 is 0 Å². The van der Waals surface area contributed by atoms with Crippen molar-refractivity contribution in [3.8, 4) is 6.07 Å². The number of urea groups is 2. The molecule has 0 saturated carbocycles. The Kier molecular flexibility index (Phi) is 9.90. The van der Waals surface area contributed by atoms with Gasteiger partial charge in [0.05, 0.1) is 28.7 Å². The van der Waals surface area contributed by atoms with Crippen LogP contribution in [-0.2, 0) is 16.0 Å². The number of nitriles is 1. The molecule has 0 fully saturated rings. The molecule has 43 heavy (non-hydrogen) atoms. The van der Waals surface area contributed by atoms with Crippen molar-refractivity contribution >= 4 is 27.6 Å². The van der Waals surface area contributed by atoms with Crippen molar-refractivity contribution in [2.45, 2.75) is 37.9 Å². The SMILES string of the molecule is [C-]#[N+]C1=C(C)N(c2cccc(C(F)(F)F)c2)C(=O)N(C(=O)N(C)CCN(CC)CC)[C@@H]1c1ccc(C#N)cc1S(C)(=O)=O. The van der Waals surface area contributed by atoms with Crippen molar-refractivity contribution in [1.82, 2.24) is 14.7 Å². The highest BCUT2D eigenvalue weighted by Gasteiger charge is 2.46. The fourth-order valence-electron chi connectivity index (χ4n) is 4.80. The highest BCUT2D eigenvalue weighted by Crippen LogP contribution is 2.43. The molecule has 2 aromatic rings. The Hall–Kier alpha value is -4.40. The summed E-state index contributed by atoms with van der Waals surface area (Å²) >= 11 is 0. The van der Waals surface area contributed by atoms with E-state index in [4.69, 9.17) is 6.57 Å². The third-order valence-electron chi connectivity index (χ3n) is 7.19. The molecule has 0 aliphatic carbocycles. The van der Waals surface area contributed by atoms with Crippen LogP contribution in [0.4, 0.5) is 28.4 Å². The Morgan fingerprint density at radius 1 is 1.14 bits per heavy atom. The second-order valence-corrected chi connectivity index (χ2v) is 11.9. The zero-order valence-corrected chi connectivity index (χ0v) is 25.1. The van der Waals surface area contributed by atoms with Gasteiger partial charge in [0.2, 0.25) is 5.70 Å². The summed E-state index contributed by atoms with van der Waals surface area (Å²) in [5, 5.41) is 9.39. The van der Waals surface area contributed by atoms with E-state index in [1.54, 1.807) is 0 Å². The normalized spacial score (nSPS) is 15.9. The standard InChI is InChI=1S/C29H31F3N6O4S/c1-7-36(8-2)15-14-35(5)27(39)38-26(23-13-12-20(18-33)16-24(23)43(6,41)42)25(34-4)19(3)37(28(38)40)22-11-9-10-21(17-22)29(30,31)32/h9-13,16-17,26H,7-8,14-15H2,1-3,5-6H3/t26-/m1/s1. The first-order chi connectivity index (χ1) is 20.1. The van der Waals surface area contributed by atoms with Crippen LogP contribution in [0.15, 0.2) is 58.8 Å². The fraction of sp³-hybridized carbons (Fsp3) is 0.379. The van der Waals surface area contributed by atoms with Gasteiger partial charge >= 0.3 is 18.2 Å². The number of anilines is 1. The van der Waals surface area contributed by atoms with Crippen LogP contribution in [0.1, 0.15) is 43.5 Å². The molecule has 3 rings (SSSR count). The van der Waals surface area contributed by atoms with Crippen molar-refractivity contribution in [1.29, 1.82) is 5.26 Å². The van der Waals surface area contributed by atoms with Gasteiger partial charge in [-0.25, -0.2) is 27.8 Å². The van der Waals surface area contributed by atoms with Gasteiger partial charge in [-0.15, -0.1) is 0 Å². The van der Waals surface area contributed by atoms with Gasteiger partial charge in [0.25, 0.3) is 0 Å². The Labute approximate surface area is 248 Å². The molecular weight excluding hydrogens is 585 g/mol. The molecule has 1 heterocycles. The minimum absolute atomic E-state index is 0.00353. The number of rotatable bonds is 8. The number of halogens is 3. The van der Waals surface area contributed by atoms with Crippen LogP contribution in [0, 0.1) is 17.9 Å². The van der Waals surface area contributed by atoms with E-state index in [1.807, 2.05) is 24.8 Å². The average molecular weight is 617 g/mol. The van der Waals surface area contributed by atoms with Crippen LogP contribution < -0.4 is 4.90 Å². The molecule has 4 amide bonds. The molecule has 14 heteroatoms. The van der Waals surface area contributed by atoms with Gasteiger partial charge in [0.1, 0.15) is 6.04 Å². The van der Waals surface area contributed by atoms with Crippen LogP contribution >= 0.6 is 0 Å². The van der Waals surface area contributed by atoms with Gasteiger partial charge < -0.3 is 9.80 Å². The molecule has 0 spiro atoms. The number of imide groups is 1. The van der Waals surface area contributed by atoms with Crippen molar-refractivity contribution in [3.63, 3.8) is 0 Å². The third kappa shape index (κ3) is 6.82. The van der Waals surface area contributed by atoms with Gasteiger partial charge in [0, 0.05) is 37.8 Å². The van der Waals surface area contributed by atoms with Crippen molar-refractivity contribution < 1.29 is 31.2 Å². The monoisotopic (exact) mass is 616 g/mol. The lowest BCUT2D eigenvalue weighted by Crippen LogP contribution is -2.56. The number of sulfone groups is 1. The average Bonchev–Trinajstić information content (AvgIpc) is 2.96. The first-order valence-electron chi connectivity index (χ1n) is 13.2. The van der Waals surface area contributed by atoms with Gasteiger partial charge in [-0.05, 0) is 55.9 Å². The highest BCUT2D eigenvalue weighted by atomic mass is 32.2. The molecule has 0 radical (unpaired) electrons. The summed E-state index contributed by atoms with van der Waals surface area (Å²) in [5.74, 6) is 0. The molecule has 0 bridgehead atoms. The Bertz CT molecular complexity index is 1640. The molecule has 1 aliphatic heterocycles. The number of hydrogen-bond acceptors (Lipinski definition) is 6. The topological polar surface area (TPSA) is 109 Å². The summed E-state index contributed by atoms with van der Waals surface area (Å²) in [7, 11) is -2.62. The second kappa shape index (κ2) is 12.9. The lowest BCUT2D eigenvalue weighted by Gasteiger charge is -2.42. The largest absolute Gasteiger partial charge is 0.416 e. The van der Waals surface area contributed by atoms with Crippen molar-refractivity contribution in [2.75, 3.05) is 44.4 Å². The minimum atomic E-state index is -4.73. The molecule has 1 atom stereocenters. The summed E-state index contributed by atoms with van der Waals surface area (Å²) < 4.78 is 66.5. The van der Waals surface area contributed by atoms with E-state index in [0.717, 1.165) is 35.4 Å². The lowest BCUT2D eigenvalue weighted by atomic mass is 9.97. The first kappa shape index (κ1) is 33.1. The number of nitrogens with zero attached hydrogens (tertiary/aromatic N) is 6. The second-order valence-electron chi connectivity index (χ2n) is 9.89. The number of carbonyl (C=O) groups excluding carboxylic acids is 2. The summed E-state index contributed by atoms with van der Waals surface area (Å²) in [4.78, 5) is 36.2. The molecule has 10 nitrogen and oxygen atoms in total. The van der Waals surface area contributed by atoms with Crippen LogP contribution in [0.25, 0.3) is 4.85 Å². The predicted molar refractivity (Wildman–Crippen MR) is 153 cm³/mol. The number of amides is 4. The first-order valence-corrected chi connectivity index (χ1v) is 15.1. The summed E-state index contributed by atoms with van der Waals surface area (Å²) in [6, 6.07) is 5.92. The lowest BCUT2D eigenvalue weighted by molar-refractivity contribution is -0.137. The number of carbonyl (C=O) groups is 2. The maximum absolute atomic E-state index is 14.2. The van der Waals surface area contributed by atoms with E-state index in [-0.39, 0.29) is 39.6 Å². The van der Waals surface area contributed by atoms with E-state index in [2.05, 4.69) is 4.85 Å². The summed E-state index contributed by atoms with van der Waals surface area (Å²) in [6.07, 6.45) is -3.84. The van der Waals surface area contributed by atoms with Crippen molar-refractivity contribution in [3.05, 3.63) is 82.0 Å². The molecule has 0 aromatic heterocycles. The number of likely N-dealkylation sites (N-methyl/N-ethyl adjacent to an activating group) is 2. The van der Waals surface area contributed by atoms with E-state index < -0.39 is 39.7 Å². The molecule has 0 saturated heterocycles. The van der Waals surface area contributed by atoms with E-state index in [1.165, 1.54) is 37.1 Å². The maximum atomic E-state index is 14.2. The molecule has 1 aliphatic rings. The number of benzene rings is 2. The number of alkyl halides is 3. The van der Waals surface area contributed by atoms with E-state index in [9.17, 15) is 36.4 Å². The van der Waals surface area contributed by atoms with Gasteiger partial charge in [-0.1, -0.05) is 26.0 Å². The van der Waals surface area contributed by atoms with Gasteiger partial charge in [0.15, 0.2) is 9.84 Å². The summed E-state index contributed by atoms with van der Waals surface area (Å²) in [6.45, 7) is 15.2. The van der Waals surface area contributed by atoms with E-state index in [0.29, 0.717) is 24.5 Å². The van der Waals surface area contributed by atoms with Crippen molar-refractivity contribution in [2.24, 2.45) is 0 Å². The smallest absolute Gasteiger partial charge is 0.326 e. The Balaban J connectivity index is 2.32. The van der Waals surface area contributed by atoms with Crippen LogP contribution in [0.2, 0.25) is 0 Å². The molecule has 228 valence electrons. The minimum Gasteiger partial charge on any atom is -0.326 e. The number of hydrogen-bond donors (Lipinski definition) is 0. The molecule has 0 N–H and O–H groups in total. The van der Waals surface area contributed by atoms with Crippen LogP contribution in [0.5, 0.6) is 0 Å². The number of allylic oxidation sites excluding steroid dienone is 1. The summed E-state index contributed by atoms with van der Waals surface area (Å²) in [5.41, 5.74) is -1.72. The quantitative estimate of drug-likeness (QED) is 0.362. The zero-order valence-electron chi connectivity index (χ0n) is 24.3. The predicted octanol–water partition coefficient (Wildman–Crippen LogP) is 5.51.